The summed E-state index contributed by atoms with van der Waals surface area (Å²) in [6.45, 7) is 2.13. The third-order valence-corrected chi connectivity index (χ3v) is 3.92. The molecule has 100 valence electrons. The van der Waals surface area contributed by atoms with Crippen LogP contribution in [0, 0.1) is 6.92 Å². The minimum atomic E-state index is -1.34. The van der Waals surface area contributed by atoms with Crippen LogP contribution in [0.15, 0.2) is 40.3 Å². The van der Waals surface area contributed by atoms with Gasteiger partial charge in [-0.05, 0) is 37.3 Å². The molecular formula is C13H13ClN2O2S. The van der Waals surface area contributed by atoms with Crippen molar-refractivity contribution in [2.75, 3.05) is 7.11 Å². The normalized spacial score (nSPS) is 12.4. The Morgan fingerprint density at radius 3 is 2.58 bits per heavy atom. The molecule has 1 aromatic heterocycles. The maximum absolute atomic E-state index is 12.4. The number of halogens is 1. The second-order valence-corrected chi connectivity index (χ2v) is 5.76. The molecule has 0 amide bonds. The predicted octanol–water partition coefficient (Wildman–Crippen LogP) is 2.75. The van der Waals surface area contributed by atoms with Gasteiger partial charge >= 0.3 is 0 Å². The Morgan fingerprint density at radius 2 is 1.95 bits per heavy atom. The second kappa shape index (κ2) is 6.23. The van der Waals surface area contributed by atoms with Crippen LogP contribution in [0.5, 0.6) is 0 Å². The van der Waals surface area contributed by atoms with Crippen LogP contribution in [0.25, 0.3) is 0 Å². The number of nitrogens with zero attached hydrogens (tertiary/aromatic N) is 2. The van der Waals surface area contributed by atoms with E-state index in [1.54, 1.807) is 44.4 Å². The van der Waals surface area contributed by atoms with Gasteiger partial charge in [-0.3, -0.25) is 0 Å². The Balaban J connectivity index is 2.35. The summed E-state index contributed by atoms with van der Waals surface area (Å²) in [5.74, 6) is 0.576. The SMILES string of the molecule is COCc1cc([S@@](=O)c2ccc(Cl)cc2)nc(C)n1. The quantitative estimate of drug-likeness (QED) is 0.814. The highest BCUT2D eigenvalue weighted by Gasteiger charge is 2.11. The number of hydrogen-bond acceptors (Lipinski definition) is 4. The van der Waals surface area contributed by atoms with Crippen molar-refractivity contribution in [1.82, 2.24) is 9.97 Å². The Bertz CT molecular complexity index is 602. The van der Waals surface area contributed by atoms with Crippen LogP contribution < -0.4 is 0 Å². The summed E-state index contributed by atoms with van der Waals surface area (Å²) in [7, 11) is 0.246. The van der Waals surface area contributed by atoms with Gasteiger partial charge in [-0.2, -0.15) is 0 Å². The van der Waals surface area contributed by atoms with Gasteiger partial charge in [0.1, 0.15) is 21.6 Å². The molecule has 0 spiro atoms. The van der Waals surface area contributed by atoms with E-state index < -0.39 is 10.8 Å². The van der Waals surface area contributed by atoms with Crippen molar-refractivity contribution in [3.63, 3.8) is 0 Å². The number of aryl methyl sites for hydroxylation is 1. The van der Waals surface area contributed by atoms with Gasteiger partial charge in [-0.15, -0.1) is 0 Å². The summed E-state index contributed by atoms with van der Waals surface area (Å²) in [4.78, 5) is 9.10. The van der Waals surface area contributed by atoms with Gasteiger partial charge in [-0.25, -0.2) is 14.2 Å². The molecule has 1 heterocycles. The molecule has 0 aliphatic heterocycles. The molecule has 4 nitrogen and oxygen atoms in total. The maximum Gasteiger partial charge on any atom is 0.136 e. The van der Waals surface area contributed by atoms with E-state index in [1.165, 1.54) is 0 Å². The zero-order valence-corrected chi connectivity index (χ0v) is 12.2. The maximum atomic E-state index is 12.4. The van der Waals surface area contributed by atoms with Gasteiger partial charge in [0.05, 0.1) is 12.3 Å². The monoisotopic (exact) mass is 296 g/mol. The van der Waals surface area contributed by atoms with Crippen LogP contribution in [0.4, 0.5) is 0 Å². The molecule has 0 aliphatic rings. The lowest BCUT2D eigenvalue weighted by molar-refractivity contribution is 0.181. The predicted molar refractivity (Wildman–Crippen MR) is 73.6 cm³/mol. The van der Waals surface area contributed by atoms with Crippen molar-refractivity contribution in [2.24, 2.45) is 0 Å². The van der Waals surface area contributed by atoms with Crippen LogP contribution in [-0.4, -0.2) is 21.3 Å². The molecular weight excluding hydrogens is 284 g/mol. The van der Waals surface area contributed by atoms with Crippen LogP contribution in [0.1, 0.15) is 11.5 Å². The molecule has 1 aromatic carbocycles. The highest BCUT2D eigenvalue weighted by molar-refractivity contribution is 7.85. The number of rotatable bonds is 4. The van der Waals surface area contributed by atoms with Crippen LogP contribution in [0.3, 0.4) is 0 Å². The first-order chi connectivity index (χ1) is 9.10. The first-order valence-corrected chi connectivity index (χ1v) is 7.14. The van der Waals surface area contributed by atoms with Crippen molar-refractivity contribution in [3.8, 4) is 0 Å². The van der Waals surface area contributed by atoms with Crippen molar-refractivity contribution >= 4 is 22.4 Å². The van der Waals surface area contributed by atoms with E-state index in [1.807, 2.05) is 0 Å². The first-order valence-electron chi connectivity index (χ1n) is 5.61. The Labute approximate surface area is 119 Å². The number of methoxy groups -OCH3 is 1. The molecule has 0 saturated heterocycles. The van der Waals surface area contributed by atoms with E-state index in [0.717, 1.165) is 0 Å². The summed E-state index contributed by atoms with van der Waals surface area (Å²) in [5, 5.41) is 1.08. The molecule has 2 rings (SSSR count). The zero-order valence-electron chi connectivity index (χ0n) is 10.6. The Morgan fingerprint density at radius 1 is 1.26 bits per heavy atom. The first kappa shape index (κ1) is 14.1. The fraction of sp³-hybridized carbons (Fsp3) is 0.231. The summed E-state index contributed by atoms with van der Waals surface area (Å²) < 4.78 is 17.4. The van der Waals surface area contributed by atoms with Gasteiger partial charge in [-0.1, -0.05) is 11.6 Å². The fourth-order valence-corrected chi connectivity index (χ4v) is 2.80. The average molecular weight is 297 g/mol. The summed E-state index contributed by atoms with van der Waals surface area (Å²) in [6, 6.07) is 8.57. The van der Waals surface area contributed by atoms with E-state index in [-0.39, 0.29) is 0 Å². The third kappa shape index (κ3) is 3.59. The Hall–Kier alpha value is -1.30. The number of hydrogen-bond donors (Lipinski definition) is 0. The largest absolute Gasteiger partial charge is 0.378 e. The summed E-state index contributed by atoms with van der Waals surface area (Å²) in [5.41, 5.74) is 0.715. The summed E-state index contributed by atoms with van der Waals surface area (Å²) in [6.07, 6.45) is 0. The van der Waals surface area contributed by atoms with Crippen LogP contribution >= 0.6 is 11.6 Å². The molecule has 0 saturated carbocycles. The molecule has 0 bridgehead atoms. The molecule has 19 heavy (non-hydrogen) atoms. The van der Waals surface area contributed by atoms with Crippen molar-refractivity contribution in [1.29, 1.82) is 0 Å². The van der Waals surface area contributed by atoms with E-state index in [9.17, 15) is 4.21 Å². The standard InChI is InChI=1S/C13H13ClN2O2S/c1-9-15-11(8-18-2)7-13(16-9)19(17)12-5-3-10(14)4-6-12/h3-7H,8H2,1-2H3/t19-/m0/s1. The van der Waals surface area contributed by atoms with E-state index >= 15 is 0 Å². The van der Waals surface area contributed by atoms with Crippen molar-refractivity contribution in [2.45, 2.75) is 23.5 Å². The average Bonchev–Trinajstić information content (AvgIpc) is 2.38. The van der Waals surface area contributed by atoms with Gasteiger partial charge in [0.2, 0.25) is 0 Å². The van der Waals surface area contributed by atoms with Gasteiger partial charge < -0.3 is 4.74 Å². The van der Waals surface area contributed by atoms with Crippen LogP contribution in [0.2, 0.25) is 5.02 Å². The third-order valence-electron chi connectivity index (χ3n) is 2.38. The number of benzene rings is 1. The summed E-state index contributed by atoms with van der Waals surface area (Å²) >= 11 is 5.81. The van der Waals surface area contributed by atoms with E-state index in [4.69, 9.17) is 16.3 Å². The van der Waals surface area contributed by atoms with Gasteiger partial charge in [0, 0.05) is 17.0 Å². The highest BCUT2D eigenvalue weighted by Crippen LogP contribution is 2.18. The topological polar surface area (TPSA) is 52.1 Å². The van der Waals surface area contributed by atoms with Crippen molar-refractivity contribution in [3.05, 3.63) is 46.9 Å². The molecule has 0 fully saturated rings. The molecule has 2 aromatic rings. The highest BCUT2D eigenvalue weighted by atomic mass is 35.5. The van der Waals surface area contributed by atoms with Gasteiger partial charge in [0.25, 0.3) is 0 Å². The molecule has 0 unspecified atom stereocenters. The van der Waals surface area contributed by atoms with E-state index in [0.29, 0.717) is 33.1 Å². The fourth-order valence-electron chi connectivity index (χ4n) is 1.60. The van der Waals surface area contributed by atoms with E-state index in [2.05, 4.69) is 9.97 Å². The van der Waals surface area contributed by atoms with Crippen LogP contribution in [-0.2, 0) is 22.1 Å². The molecule has 1 atom stereocenters. The lowest BCUT2D eigenvalue weighted by atomic mass is 10.4. The molecule has 6 heteroatoms. The van der Waals surface area contributed by atoms with Crippen molar-refractivity contribution < 1.29 is 8.95 Å². The lowest BCUT2D eigenvalue weighted by Crippen LogP contribution is -2.03. The smallest absolute Gasteiger partial charge is 0.136 e. The molecule has 0 radical (unpaired) electrons. The number of aromatic nitrogens is 2. The lowest BCUT2D eigenvalue weighted by Gasteiger charge is -2.05. The minimum Gasteiger partial charge on any atom is -0.378 e. The molecule has 0 N–H and O–H groups in total. The zero-order chi connectivity index (χ0) is 13.8. The van der Waals surface area contributed by atoms with Gasteiger partial charge in [0.15, 0.2) is 0 Å². The number of ether oxygens (including phenoxy) is 1. The minimum absolute atomic E-state index is 0.369. The Kier molecular flexibility index (Phi) is 4.63. The second-order valence-electron chi connectivity index (χ2n) is 3.90. The molecule has 0 aliphatic carbocycles.